The van der Waals surface area contributed by atoms with Crippen molar-refractivity contribution in [2.45, 2.75) is 19.8 Å². The highest BCUT2D eigenvalue weighted by Crippen LogP contribution is 2.22. The van der Waals surface area contributed by atoms with Gasteiger partial charge < -0.3 is 10.5 Å². The molecule has 6 heteroatoms. The number of aliphatic imine (C=N–C) groups is 1. The predicted molar refractivity (Wildman–Crippen MR) is 76.9 cm³/mol. The molecular formula is C13H18ClN3O2. The lowest BCUT2D eigenvalue weighted by Crippen LogP contribution is -2.37. The Kier molecular flexibility index (Phi) is 6.15. The number of ether oxygens (including phenoxy) is 1. The first kappa shape index (κ1) is 15.3. The smallest absolute Gasteiger partial charge is 0.261 e. The van der Waals surface area contributed by atoms with E-state index >= 15 is 0 Å². The van der Waals surface area contributed by atoms with Crippen molar-refractivity contribution in [2.24, 2.45) is 10.7 Å². The van der Waals surface area contributed by atoms with Gasteiger partial charge in [-0.3, -0.25) is 15.1 Å². The van der Waals surface area contributed by atoms with Crippen LogP contribution in [0.4, 0.5) is 0 Å². The summed E-state index contributed by atoms with van der Waals surface area (Å²) in [7, 11) is 1.48. The average molecular weight is 284 g/mol. The van der Waals surface area contributed by atoms with E-state index in [0.29, 0.717) is 22.9 Å². The van der Waals surface area contributed by atoms with E-state index < -0.39 is 5.91 Å². The van der Waals surface area contributed by atoms with Crippen LogP contribution in [-0.2, 0) is 0 Å². The molecule has 0 aliphatic carbocycles. The van der Waals surface area contributed by atoms with E-state index in [2.05, 4.69) is 17.2 Å². The molecule has 0 radical (unpaired) electrons. The van der Waals surface area contributed by atoms with Gasteiger partial charge in [0.1, 0.15) is 5.75 Å². The third-order valence-electron chi connectivity index (χ3n) is 2.44. The Balaban J connectivity index is 2.77. The van der Waals surface area contributed by atoms with Crippen LogP contribution in [0.3, 0.4) is 0 Å². The number of rotatable bonds is 5. The summed E-state index contributed by atoms with van der Waals surface area (Å²) in [5, 5.41) is 2.96. The molecule has 0 unspecified atom stereocenters. The number of hydrogen-bond donors (Lipinski definition) is 2. The maximum absolute atomic E-state index is 12.0. The normalized spacial score (nSPS) is 11.2. The van der Waals surface area contributed by atoms with Crippen LogP contribution in [0.2, 0.25) is 5.02 Å². The van der Waals surface area contributed by atoms with Crippen LogP contribution < -0.4 is 15.8 Å². The number of carbonyl (C=O) groups is 1. The topological polar surface area (TPSA) is 76.7 Å². The van der Waals surface area contributed by atoms with Gasteiger partial charge in [0.05, 0.1) is 12.7 Å². The van der Waals surface area contributed by atoms with E-state index in [-0.39, 0.29) is 5.96 Å². The van der Waals surface area contributed by atoms with Gasteiger partial charge in [0, 0.05) is 11.6 Å². The summed E-state index contributed by atoms with van der Waals surface area (Å²) < 4.78 is 5.10. The van der Waals surface area contributed by atoms with Gasteiger partial charge in [-0.25, -0.2) is 0 Å². The maximum Gasteiger partial charge on any atom is 0.261 e. The molecule has 1 aromatic rings. The number of benzene rings is 1. The number of nitrogens with zero attached hydrogens (tertiary/aromatic N) is 1. The summed E-state index contributed by atoms with van der Waals surface area (Å²) in [5.41, 5.74) is 5.95. The Labute approximate surface area is 117 Å². The van der Waals surface area contributed by atoms with Crippen molar-refractivity contribution in [1.29, 1.82) is 0 Å². The van der Waals surface area contributed by atoms with Crippen LogP contribution in [0.5, 0.6) is 5.75 Å². The summed E-state index contributed by atoms with van der Waals surface area (Å²) >= 11 is 5.86. The van der Waals surface area contributed by atoms with Gasteiger partial charge in [0.15, 0.2) is 5.96 Å². The third kappa shape index (κ3) is 4.79. The van der Waals surface area contributed by atoms with Crippen molar-refractivity contribution in [1.82, 2.24) is 5.32 Å². The van der Waals surface area contributed by atoms with Crippen molar-refractivity contribution in [3.05, 3.63) is 28.8 Å². The van der Waals surface area contributed by atoms with Gasteiger partial charge in [-0.05, 0) is 24.6 Å². The van der Waals surface area contributed by atoms with Gasteiger partial charge in [-0.15, -0.1) is 0 Å². The molecule has 1 rings (SSSR count). The monoisotopic (exact) mass is 283 g/mol. The number of amides is 1. The van der Waals surface area contributed by atoms with E-state index in [1.54, 1.807) is 12.1 Å². The molecule has 3 N–H and O–H groups in total. The molecular weight excluding hydrogens is 266 g/mol. The minimum Gasteiger partial charge on any atom is -0.496 e. The molecule has 1 amide bonds. The van der Waals surface area contributed by atoms with Gasteiger partial charge in [0.2, 0.25) is 0 Å². The molecule has 0 atom stereocenters. The van der Waals surface area contributed by atoms with Crippen molar-refractivity contribution in [2.75, 3.05) is 13.7 Å². The molecule has 0 aliphatic rings. The molecule has 104 valence electrons. The van der Waals surface area contributed by atoms with Crippen LogP contribution in [0.15, 0.2) is 23.2 Å². The van der Waals surface area contributed by atoms with E-state index in [1.165, 1.54) is 13.2 Å². The zero-order chi connectivity index (χ0) is 14.3. The Bertz CT molecular complexity index is 475. The average Bonchev–Trinajstić information content (AvgIpc) is 2.39. The standard InChI is InChI=1S/C13H18ClN3O2/c1-3-4-7-16-13(15)17-12(18)10-8-9(14)5-6-11(10)19-2/h5-6,8H,3-4,7H2,1-2H3,(H3,15,16,17,18). The number of hydrogen-bond acceptors (Lipinski definition) is 3. The van der Waals surface area contributed by atoms with E-state index in [4.69, 9.17) is 22.1 Å². The number of guanidine groups is 1. The second-order valence-electron chi connectivity index (χ2n) is 3.92. The number of unbranched alkanes of at least 4 members (excludes halogenated alkanes) is 1. The van der Waals surface area contributed by atoms with E-state index in [0.717, 1.165) is 12.8 Å². The fraction of sp³-hybridized carbons (Fsp3) is 0.385. The molecule has 0 aromatic heterocycles. The van der Waals surface area contributed by atoms with Crippen LogP contribution >= 0.6 is 11.6 Å². The molecule has 0 saturated heterocycles. The van der Waals surface area contributed by atoms with Crippen molar-refractivity contribution >= 4 is 23.5 Å². The van der Waals surface area contributed by atoms with E-state index in [1.807, 2.05) is 0 Å². The minimum atomic E-state index is -0.392. The van der Waals surface area contributed by atoms with Gasteiger partial charge in [0.25, 0.3) is 5.91 Å². The first-order valence-corrected chi connectivity index (χ1v) is 6.41. The Morgan fingerprint density at radius 3 is 2.89 bits per heavy atom. The van der Waals surface area contributed by atoms with Crippen molar-refractivity contribution < 1.29 is 9.53 Å². The molecule has 0 spiro atoms. The number of nitrogens with two attached hydrogens (primary N) is 1. The predicted octanol–water partition coefficient (Wildman–Crippen LogP) is 2.19. The summed E-state index contributed by atoms with van der Waals surface area (Å²) in [5.74, 6) is 0.140. The number of nitrogens with one attached hydrogen (secondary N) is 1. The SMILES string of the molecule is CCCCN=C(N)NC(=O)c1cc(Cl)ccc1OC. The fourth-order valence-electron chi connectivity index (χ4n) is 1.44. The molecule has 1 aromatic carbocycles. The highest BCUT2D eigenvalue weighted by molar-refractivity contribution is 6.31. The maximum atomic E-state index is 12.0. The van der Waals surface area contributed by atoms with Crippen LogP contribution in [-0.4, -0.2) is 25.5 Å². The summed E-state index contributed by atoms with van der Waals surface area (Å²) in [6.07, 6.45) is 1.95. The lowest BCUT2D eigenvalue weighted by atomic mass is 10.2. The largest absolute Gasteiger partial charge is 0.496 e. The van der Waals surface area contributed by atoms with Crippen LogP contribution in [0.25, 0.3) is 0 Å². The minimum absolute atomic E-state index is 0.0977. The third-order valence-corrected chi connectivity index (χ3v) is 2.68. The molecule has 0 aliphatic heterocycles. The van der Waals surface area contributed by atoms with Crippen molar-refractivity contribution in [3.8, 4) is 5.75 Å². The molecule has 0 heterocycles. The Morgan fingerprint density at radius 1 is 1.53 bits per heavy atom. The highest BCUT2D eigenvalue weighted by atomic mass is 35.5. The highest BCUT2D eigenvalue weighted by Gasteiger charge is 2.13. The van der Waals surface area contributed by atoms with Crippen LogP contribution in [0.1, 0.15) is 30.1 Å². The zero-order valence-corrected chi connectivity index (χ0v) is 11.8. The molecule has 0 saturated carbocycles. The summed E-state index contributed by atoms with van der Waals surface area (Å²) in [6.45, 7) is 2.65. The second-order valence-corrected chi connectivity index (χ2v) is 4.36. The fourth-order valence-corrected chi connectivity index (χ4v) is 1.61. The molecule has 19 heavy (non-hydrogen) atoms. The van der Waals surface area contributed by atoms with Gasteiger partial charge >= 0.3 is 0 Å². The molecule has 0 fully saturated rings. The number of carbonyl (C=O) groups excluding carboxylic acids is 1. The Morgan fingerprint density at radius 2 is 2.26 bits per heavy atom. The zero-order valence-electron chi connectivity index (χ0n) is 11.1. The number of halogens is 1. The number of methoxy groups -OCH3 is 1. The lowest BCUT2D eigenvalue weighted by Gasteiger charge is -2.09. The van der Waals surface area contributed by atoms with Crippen molar-refractivity contribution in [3.63, 3.8) is 0 Å². The first-order valence-electron chi connectivity index (χ1n) is 6.03. The molecule has 0 bridgehead atoms. The van der Waals surface area contributed by atoms with Gasteiger partial charge in [-0.2, -0.15) is 0 Å². The van der Waals surface area contributed by atoms with E-state index in [9.17, 15) is 4.79 Å². The summed E-state index contributed by atoms with van der Waals surface area (Å²) in [4.78, 5) is 16.1. The molecule has 5 nitrogen and oxygen atoms in total. The quantitative estimate of drug-likeness (QED) is 0.494. The second kappa shape index (κ2) is 7.63. The van der Waals surface area contributed by atoms with Gasteiger partial charge in [-0.1, -0.05) is 24.9 Å². The first-order chi connectivity index (χ1) is 9.08. The lowest BCUT2D eigenvalue weighted by molar-refractivity contribution is 0.0973. The summed E-state index contributed by atoms with van der Waals surface area (Å²) in [6, 6.07) is 4.80. The van der Waals surface area contributed by atoms with Crippen LogP contribution in [0, 0.1) is 0 Å². The Hall–Kier alpha value is -1.75.